The van der Waals surface area contributed by atoms with Crippen LogP contribution in [0, 0.1) is 5.82 Å². The van der Waals surface area contributed by atoms with E-state index >= 15 is 0 Å². The number of aromatic nitrogens is 2. The summed E-state index contributed by atoms with van der Waals surface area (Å²) in [5, 5.41) is 7.11. The van der Waals surface area contributed by atoms with Crippen molar-refractivity contribution in [1.29, 1.82) is 0 Å². The van der Waals surface area contributed by atoms with E-state index < -0.39 is 11.8 Å². The second-order valence-electron chi connectivity index (χ2n) is 6.48. The van der Waals surface area contributed by atoms with Crippen molar-refractivity contribution in [2.45, 2.75) is 25.2 Å². The first-order valence-electron chi connectivity index (χ1n) is 8.43. The monoisotopic (exact) mass is 359 g/mol. The number of benzene rings is 1. The number of nitrogens with zero attached hydrogens (tertiary/aromatic N) is 2. The molecule has 7 nitrogen and oxygen atoms in total. The van der Waals surface area contributed by atoms with Gasteiger partial charge in [-0.3, -0.25) is 4.79 Å². The molecule has 1 saturated carbocycles. The second-order valence-corrected chi connectivity index (χ2v) is 6.48. The Labute approximate surface area is 149 Å². The van der Waals surface area contributed by atoms with Crippen molar-refractivity contribution < 1.29 is 23.5 Å². The molecule has 1 amide bonds. The van der Waals surface area contributed by atoms with Crippen LogP contribution in [0.15, 0.2) is 18.2 Å². The van der Waals surface area contributed by atoms with Gasteiger partial charge in [0.25, 0.3) is 5.91 Å². The number of halogens is 1. The lowest BCUT2D eigenvalue weighted by molar-refractivity contribution is 0.0516. The van der Waals surface area contributed by atoms with E-state index in [-0.39, 0.29) is 35.0 Å². The summed E-state index contributed by atoms with van der Waals surface area (Å²) in [7, 11) is 1.44. The van der Waals surface area contributed by atoms with Crippen LogP contribution in [0.4, 0.5) is 4.39 Å². The summed E-state index contributed by atoms with van der Waals surface area (Å²) in [4.78, 5) is 25.0. The minimum absolute atomic E-state index is 0.0745. The third kappa shape index (κ3) is 2.36. The first-order valence-corrected chi connectivity index (χ1v) is 8.43. The first kappa shape index (κ1) is 16.6. The maximum atomic E-state index is 14.6. The maximum absolute atomic E-state index is 14.6. The van der Waals surface area contributed by atoms with Gasteiger partial charge in [0.1, 0.15) is 17.1 Å². The molecule has 2 heterocycles. The molecule has 1 aliphatic heterocycles. The first-order chi connectivity index (χ1) is 12.5. The van der Waals surface area contributed by atoms with Crippen molar-refractivity contribution in [3.63, 3.8) is 0 Å². The number of ether oxygens (including phenoxy) is 2. The van der Waals surface area contributed by atoms with Crippen molar-refractivity contribution in [1.82, 2.24) is 15.1 Å². The van der Waals surface area contributed by atoms with Gasteiger partial charge in [-0.05, 0) is 31.9 Å². The number of fused-ring (bicyclic) bond motifs is 2. The number of esters is 1. The molecule has 1 aromatic heterocycles. The van der Waals surface area contributed by atoms with E-state index in [1.54, 1.807) is 13.0 Å². The average Bonchev–Trinajstić information content (AvgIpc) is 3.28. The van der Waals surface area contributed by atoms with Gasteiger partial charge in [-0.25, -0.2) is 13.9 Å². The van der Waals surface area contributed by atoms with Crippen LogP contribution in [0.2, 0.25) is 0 Å². The van der Waals surface area contributed by atoms with E-state index in [0.29, 0.717) is 17.9 Å². The van der Waals surface area contributed by atoms with E-state index in [4.69, 9.17) is 9.47 Å². The van der Waals surface area contributed by atoms with Crippen molar-refractivity contribution in [3.8, 4) is 11.4 Å². The zero-order valence-electron chi connectivity index (χ0n) is 14.5. The Hall–Kier alpha value is -2.90. The van der Waals surface area contributed by atoms with Gasteiger partial charge in [-0.15, -0.1) is 0 Å². The van der Waals surface area contributed by atoms with Gasteiger partial charge in [0.15, 0.2) is 11.5 Å². The van der Waals surface area contributed by atoms with Gasteiger partial charge < -0.3 is 14.8 Å². The minimum Gasteiger partial charge on any atom is -0.497 e. The molecule has 26 heavy (non-hydrogen) atoms. The number of hydrogen-bond acceptors (Lipinski definition) is 5. The Balaban J connectivity index is 1.94. The number of amides is 1. The maximum Gasteiger partial charge on any atom is 0.359 e. The van der Waals surface area contributed by atoms with Gasteiger partial charge in [0, 0.05) is 23.6 Å². The highest BCUT2D eigenvalue weighted by Gasteiger charge is 2.54. The minimum atomic E-state index is -0.603. The molecule has 2 aromatic rings. The zero-order chi connectivity index (χ0) is 18.5. The third-order valence-electron chi connectivity index (χ3n) is 4.92. The van der Waals surface area contributed by atoms with E-state index in [2.05, 4.69) is 10.4 Å². The highest BCUT2D eigenvalue weighted by molar-refractivity contribution is 6.01. The molecule has 1 fully saturated rings. The summed E-state index contributed by atoms with van der Waals surface area (Å²) >= 11 is 0. The number of rotatable bonds is 4. The summed E-state index contributed by atoms with van der Waals surface area (Å²) in [5.41, 5.74) is 0.609. The van der Waals surface area contributed by atoms with Crippen LogP contribution in [0.3, 0.4) is 0 Å². The van der Waals surface area contributed by atoms with E-state index in [0.717, 1.165) is 12.8 Å². The lowest BCUT2D eigenvalue weighted by Crippen LogP contribution is -2.40. The van der Waals surface area contributed by atoms with Gasteiger partial charge in [0.2, 0.25) is 0 Å². The molecule has 4 rings (SSSR count). The largest absolute Gasteiger partial charge is 0.497 e. The highest BCUT2D eigenvalue weighted by atomic mass is 19.1. The molecule has 0 bridgehead atoms. The molecule has 1 aliphatic carbocycles. The Kier molecular flexibility index (Phi) is 3.71. The summed E-state index contributed by atoms with van der Waals surface area (Å²) in [6, 6.07) is 4.25. The molecule has 2 aliphatic rings. The Morgan fingerprint density at radius 3 is 2.81 bits per heavy atom. The van der Waals surface area contributed by atoms with Gasteiger partial charge >= 0.3 is 5.97 Å². The predicted molar refractivity (Wildman–Crippen MR) is 89.3 cm³/mol. The van der Waals surface area contributed by atoms with Gasteiger partial charge in [-0.2, -0.15) is 5.10 Å². The van der Waals surface area contributed by atoms with Crippen molar-refractivity contribution in [2.24, 2.45) is 0 Å². The molecule has 1 N–H and O–H groups in total. The fourth-order valence-electron chi connectivity index (χ4n) is 3.43. The van der Waals surface area contributed by atoms with E-state index in [1.807, 2.05) is 0 Å². The van der Waals surface area contributed by atoms with E-state index in [1.165, 1.54) is 23.9 Å². The van der Waals surface area contributed by atoms with Crippen molar-refractivity contribution in [2.75, 3.05) is 20.3 Å². The van der Waals surface area contributed by atoms with Crippen LogP contribution < -0.4 is 10.1 Å². The highest BCUT2D eigenvalue weighted by Crippen LogP contribution is 2.52. The molecule has 0 atom stereocenters. The molecule has 0 unspecified atom stereocenters. The molecular formula is C18H18FN3O4. The number of carbonyl (C=O) groups excluding carboxylic acids is 2. The summed E-state index contributed by atoms with van der Waals surface area (Å²) in [6.45, 7) is 2.34. The quantitative estimate of drug-likeness (QED) is 0.844. The van der Waals surface area contributed by atoms with Crippen LogP contribution in [0.5, 0.6) is 5.75 Å². The Morgan fingerprint density at radius 2 is 2.19 bits per heavy atom. The van der Waals surface area contributed by atoms with Crippen LogP contribution in [0.1, 0.15) is 46.3 Å². The molecule has 0 saturated heterocycles. The van der Waals surface area contributed by atoms with Gasteiger partial charge in [0.05, 0.1) is 13.7 Å². The predicted octanol–water partition coefficient (Wildman–Crippen LogP) is 1.97. The van der Waals surface area contributed by atoms with Crippen LogP contribution in [-0.2, 0) is 10.2 Å². The molecule has 136 valence electrons. The Bertz CT molecular complexity index is 917. The normalized spacial score (nSPS) is 16.8. The fourth-order valence-corrected chi connectivity index (χ4v) is 3.43. The molecule has 1 aromatic carbocycles. The standard InChI is InChI=1S/C18H18FN3O4/c1-3-26-17(24)14-13-15(16(23)20-9-18(13)6-7-18)22(21-14)12-5-4-10(25-2)8-11(12)19/h4-5,8H,3,6-7,9H2,1-2H3,(H,20,23). The number of carbonyl (C=O) groups is 2. The van der Waals surface area contributed by atoms with Crippen LogP contribution in [-0.4, -0.2) is 41.9 Å². The summed E-state index contributed by atoms with van der Waals surface area (Å²) < 4.78 is 25.9. The van der Waals surface area contributed by atoms with Gasteiger partial charge in [-0.1, -0.05) is 0 Å². The van der Waals surface area contributed by atoms with Crippen LogP contribution in [0.25, 0.3) is 5.69 Å². The van der Waals surface area contributed by atoms with E-state index in [9.17, 15) is 14.0 Å². The topological polar surface area (TPSA) is 82.4 Å². The molecule has 0 radical (unpaired) electrons. The lowest BCUT2D eigenvalue weighted by Gasteiger charge is -2.23. The van der Waals surface area contributed by atoms with Crippen molar-refractivity contribution in [3.05, 3.63) is 41.0 Å². The average molecular weight is 359 g/mol. The number of methoxy groups -OCH3 is 1. The fraction of sp³-hybridized carbons (Fsp3) is 0.389. The van der Waals surface area contributed by atoms with Crippen molar-refractivity contribution >= 4 is 11.9 Å². The SMILES string of the molecule is CCOC(=O)c1nn(-c2ccc(OC)cc2F)c2c1C1(CC1)CNC2=O. The third-order valence-corrected chi connectivity index (χ3v) is 4.92. The summed E-state index contributed by atoms with van der Waals surface area (Å²) in [5.74, 6) is -1.23. The molecule has 8 heteroatoms. The Morgan fingerprint density at radius 1 is 1.42 bits per heavy atom. The zero-order valence-corrected chi connectivity index (χ0v) is 14.5. The smallest absolute Gasteiger partial charge is 0.359 e. The van der Waals surface area contributed by atoms with Crippen LogP contribution >= 0.6 is 0 Å². The second kappa shape index (κ2) is 5.82. The molecule has 1 spiro atoms. The number of hydrogen-bond donors (Lipinski definition) is 1. The lowest BCUT2D eigenvalue weighted by atomic mass is 9.90. The summed E-state index contributed by atoms with van der Waals surface area (Å²) in [6.07, 6.45) is 1.67. The molecular weight excluding hydrogens is 341 g/mol. The number of nitrogens with one attached hydrogen (secondary N) is 1.